The average molecular weight is 421 g/mol. The third kappa shape index (κ3) is 3.16. The van der Waals surface area contributed by atoms with Gasteiger partial charge in [0, 0.05) is 8.95 Å². The minimum Gasteiger partial charge on any atom is -0.506 e. The second kappa shape index (κ2) is 5.75. The number of phenols is 1. The Morgan fingerprint density at radius 2 is 1.75 bits per heavy atom. The van der Waals surface area contributed by atoms with Gasteiger partial charge in [-0.1, -0.05) is 28.1 Å². The van der Waals surface area contributed by atoms with E-state index >= 15 is 0 Å². The number of para-hydroxylation sites is 2. The first kappa shape index (κ1) is 15.3. The largest absolute Gasteiger partial charge is 0.506 e. The lowest BCUT2D eigenvalue weighted by atomic mass is 10.2. The van der Waals surface area contributed by atoms with Crippen LogP contribution in [0.15, 0.2) is 50.2 Å². The van der Waals surface area contributed by atoms with E-state index < -0.39 is 10.0 Å². The van der Waals surface area contributed by atoms with E-state index in [-0.39, 0.29) is 16.3 Å². The van der Waals surface area contributed by atoms with Crippen molar-refractivity contribution in [2.75, 3.05) is 4.72 Å². The van der Waals surface area contributed by atoms with Gasteiger partial charge in [-0.05, 0) is 52.7 Å². The smallest absolute Gasteiger partial charge is 0.263 e. The number of sulfonamides is 1. The van der Waals surface area contributed by atoms with Crippen molar-refractivity contribution in [3.05, 3.63) is 50.9 Å². The number of rotatable bonds is 3. The van der Waals surface area contributed by atoms with Crippen molar-refractivity contribution in [1.82, 2.24) is 0 Å². The van der Waals surface area contributed by atoms with E-state index in [0.29, 0.717) is 8.95 Å². The lowest BCUT2D eigenvalue weighted by Gasteiger charge is -2.12. The topological polar surface area (TPSA) is 66.4 Å². The quantitative estimate of drug-likeness (QED) is 0.736. The Balaban J connectivity index is 2.47. The molecule has 0 aliphatic heterocycles. The maximum Gasteiger partial charge on any atom is 0.263 e. The summed E-state index contributed by atoms with van der Waals surface area (Å²) in [6.07, 6.45) is 0. The summed E-state index contributed by atoms with van der Waals surface area (Å²) in [6, 6.07) is 9.39. The predicted octanol–water partition coefficient (Wildman–Crippen LogP) is 4.03. The van der Waals surface area contributed by atoms with Crippen molar-refractivity contribution in [2.24, 2.45) is 0 Å². The van der Waals surface area contributed by atoms with Crippen molar-refractivity contribution in [3.8, 4) is 5.75 Å². The SMILES string of the molecule is Cc1cc(Br)c(S(=O)(=O)Nc2ccccc2O)cc1Br. The molecule has 0 saturated heterocycles. The molecule has 0 bridgehead atoms. The average Bonchev–Trinajstić information content (AvgIpc) is 2.36. The van der Waals surface area contributed by atoms with Crippen molar-refractivity contribution in [2.45, 2.75) is 11.8 Å². The van der Waals surface area contributed by atoms with Gasteiger partial charge < -0.3 is 5.11 Å². The Kier molecular flexibility index (Phi) is 4.41. The molecular weight excluding hydrogens is 410 g/mol. The van der Waals surface area contributed by atoms with Gasteiger partial charge in [-0.15, -0.1) is 0 Å². The van der Waals surface area contributed by atoms with Gasteiger partial charge in [0.25, 0.3) is 10.0 Å². The summed E-state index contributed by atoms with van der Waals surface area (Å²) in [6.45, 7) is 1.86. The Bertz CT molecular complexity index is 760. The molecule has 0 unspecified atom stereocenters. The first-order chi connectivity index (χ1) is 9.31. The van der Waals surface area contributed by atoms with Crippen LogP contribution in [0.25, 0.3) is 0 Å². The highest BCUT2D eigenvalue weighted by atomic mass is 79.9. The molecule has 2 N–H and O–H groups in total. The standard InChI is InChI=1S/C13H11Br2NO3S/c1-8-6-10(15)13(7-9(8)14)20(18,19)16-11-4-2-3-5-12(11)17/h2-7,16-17H,1H3. The fraction of sp³-hybridized carbons (Fsp3) is 0.0769. The van der Waals surface area contributed by atoms with Crippen LogP contribution in [0.5, 0.6) is 5.75 Å². The molecule has 2 aromatic rings. The molecular formula is C13H11Br2NO3S. The van der Waals surface area contributed by atoms with Gasteiger partial charge in [0.2, 0.25) is 0 Å². The Labute approximate surface area is 134 Å². The fourth-order valence-electron chi connectivity index (χ4n) is 1.59. The molecule has 7 heteroatoms. The normalized spacial score (nSPS) is 11.3. The third-order valence-corrected chi connectivity index (χ3v) is 5.83. The molecule has 0 amide bonds. The minimum absolute atomic E-state index is 0.0956. The molecule has 0 spiro atoms. The Morgan fingerprint density at radius 1 is 1.10 bits per heavy atom. The first-order valence-corrected chi connectivity index (χ1v) is 8.64. The zero-order valence-corrected chi connectivity index (χ0v) is 14.4. The highest BCUT2D eigenvalue weighted by Crippen LogP contribution is 2.31. The molecule has 0 saturated carbocycles. The summed E-state index contributed by atoms with van der Waals surface area (Å²) in [5, 5.41) is 9.64. The van der Waals surface area contributed by atoms with Gasteiger partial charge >= 0.3 is 0 Å². The Morgan fingerprint density at radius 3 is 2.40 bits per heavy atom. The minimum atomic E-state index is -3.79. The van der Waals surface area contributed by atoms with Crippen LogP contribution < -0.4 is 4.72 Å². The van der Waals surface area contributed by atoms with E-state index in [9.17, 15) is 13.5 Å². The number of aromatic hydroxyl groups is 1. The van der Waals surface area contributed by atoms with E-state index in [0.717, 1.165) is 5.56 Å². The highest BCUT2D eigenvalue weighted by Gasteiger charge is 2.20. The van der Waals surface area contributed by atoms with Crippen molar-refractivity contribution in [1.29, 1.82) is 0 Å². The zero-order chi connectivity index (χ0) is 14.9. The maximum atomic E-state index is 12.4. The molecule has 0 radical (unpaired) electrons. The lowest BCUT2D eigenvalue weighted by Crippen LogP contribution is -2.14. The molecule has 20 heavy (non-hydrogen) atoms. The zero-order valence-electron chi connectivity index (χ0n) is 10.4. The second-order valence-corrected chi connectivity index (χ2v) is 7.51. The number of nitrogens with one attached hydrogen (secondary N) is 1. The molecule has 0 aliphatic rings. The van der Waals surface area contributed by atoms with Gasteiger partial charge in [0.1, 0.15) is 10.6 Å². The van der Waals surface area contributed by atoms with Crippen LogP contribution in [0.2, 0.25) is 0 Å². The monoisotopic (exact) mass is 419 g/mol. The number of phenolic OH excluding ortho intramolecular Hbond substituents is 1. The number of hydrogen-bond acceptors (Lipinski definition) is 3. The predicted molar refractivity (Wildman–Crippen MR) is 85.5 cm³/mol. The van der Waals surface area contributed by atoms with Gasteiger partial charge in [0.05, 0.1) is 5.69 Å². The number of aryl methyl sites for hydroxylation is 1. The molecule has 0 fully saturated rings. The third-order valence-electron chi connectivity index (χ3n) is 2.65. The van der Waals surface area contributed by atoms with Crippen molar-refractivity contribution < 1.29 is 13.5 Å². The number of halogens is 2. The fourth-order valence-corrected chi connectivity index (χ4v) is 4.35. The Hall–Kier alpha value is -1.05. The molecule has 0 aromatic heterocycles. The van der Waals surface area contributed by atoms with Crippen molar-refractivity contribution >= 4 is 47.6 Å². The molecule has 0 aliphatic carbocycles. The molecule has 0 heterocycles. The van der Waals surface area contributed by atoms with Crippen LogP contribution in [0.3, 0.4) is 0 Å². The summed E-state index contributed by atoms with van der Waals surface area (Å²) in [5.74, 6) is -0.127. The van der Waals surface area contributed by atoms with Gasteiger partial charge in [-0.3, -0.25) is 4.72 Å². The van der Waals surface area contributed by atoms with Gasteiger partial charge in [0.15, 0.2) is 0 Å². The van der Waals surface area contributed by atoms with Crippen LogP contribution in [-0.2, 0) is 10.0 Å². The summed E-state index contributed by atoms with van der Waals surface area (Å²) in [4.78, 5) is 0.0956. The summed E-state index contributed by atoms with van der Waals surface area (Å²) >= 11 is 6.56. The number of hydrogen-bond donors (Lipinski definition) is 2. The summed E-state index contributed by atoms with van der Waals surface area (Å²) in [5.41, 5.74) is 1.05. The van der Waals surface area contributed by atoms with Crippen LogP contribution in [0.4, 0.5) is 5.69 Å². The highest BCUT2D eigenvalue weighted by molar-refractivity contribution is 9.11. The van der Waals surface area contributed by atoms with Crippen LogP contribution in [-0.4, -0.2) is 13.5 Å². The van der Waals surface area contributed by atoms with E-state index in [1.54, 1.807) is 18.2 Å². The van der Waals surface area contributed by atoms with E-state index in [4.69, 9.17) is 0 Å². The van der Waals surface area contributed by atoms with Gasteiger partial charge in [-0.25, -0.2) is 8.42 Å². The first-order valence-electron chi connectivity index (χ1n) is 5.58. The molecule has 106 valence electrons. The van der Waals surface area contributed by atoms with E-state index in [2.05, 4.69) is 36.6 Å². The molecule has 4 nitrogen and oxygen atoms in total. The van der Waals surface area contributed by atoms with Crippen LogP contribution >= 0.6 is 31.9 Å². The van der Waals surface area contributed by atoms with E-state index in [1.807, 2.05) is 6.92 Å². The molecule has 2 rings (SSSR count). The second-order valence-electron chi connectivity index (χ2n) is 4.15. The molecule has 2 aromatic carbocycles. The van der Waals surface area contributed by atoms with Crippen molar-refractivity contribution in [3.63, 3.8) is 0 Å². The summed E-state index contributed by atoms with van der Waals surface area (Å²) < 4.78 is 28.2. The maximum absolute atomic E-state index is 12.4. The van der Waals surface area contributed by atoms with Gasteiger partial charge in [-0.2, -0.15) is 0 Å². The van der Waals surface area contributed by atoms with Crippen LogP contribution in [0.1, 0.15) is 5.56 Å². The lowest BCUT2D eigenvalue weighted by molar-refractivity contribution is 0.477. The number of benzene rings is 2. The number of anilines is 1. The van der Waals surface area contributed by atoms with E-state index in [1.165, 1.54) is 18.2 Å². The molecule has 0 atom stereocenters. The summed E-state index contributed by atoms with van der Waals surface area (Å²) in [7, 11) is -3.79. The van der Waals surface area contributed by atoms with Crippen LogP contribution in [0, 0.1) is 6.92 Å².